The highest BCUT2D eigenvalue weighted by Gasteiger charge is 2.17. The van der Waals surface area contributed by atoms with Gasteiger partial charge in [0, 0.05) is 26.1 Å². The van der Waals surface area contributed by atoms with E-state index in [0.717, 1.165) is 11.0 Å². The van der Waals surface area contributed by atoms with Crippen LogP contribution in [0.25, 0.3) is 0 Å². The Bertz CT molecular complexity index is 671. The van der Waals surface area contributed by atoms with Crippen LogP contribution in [0.3, 0.4) is 0 Å². The Morgan fingerprint density at radius 3 is 2.64 bits per heavy atom. The van der Waals surface area contributed by atoms with Crippen LogP contribution in [0.15, 0.2) is 41.0 Å². The van der Waals surface area contributed by atoms with Crippen molar-refractivity contribution in [3.63, 3.8) is 0 Å². The maximum Gasteiger partial charge on any atom is 0.287 e. The Hall–Kier alpha value is -2.70. The number of anilines is 1. The highest BCUT2D eigenvalue weighted by atomic mass is 19.1. The van der Waals surface area contributed by atoms with E-state index in [0.29, 0.717) is 6.07 Å². The molecular weight excluding hydrogens is 294 g/mol. The van der Waals surface area contributed by atoms with Crippen molar-refractivity contribution in [1.29, 1.82) is 0 Å². The van der Waals surface area contributed by atoms with Crippen molar-refractivity contribution in [3.05, 3.63) is 54.0 Å². The summed E-state index contributed by atoms with van der Waals surface area (Å²) in [5, 5.41) is 2.55. The standard InChI is InChI=1S/C15H14F2N2O3/c1-10(20)19(13-5-4-11(16)9-12(13)17)7-6-18-15(21)14-3-2-8-22-14/h2-5,8-9H,6-7H2,1H3,(H,18,21). The summed E-state index contributed by atoms with van der Waals surface area (Å²) in [6.45, 7) is 1.40. The van der Waals surface area contributed by atoms with Gasteiger partial charge in [0.15, 0.2) is 5.76 Å². The number of nitrogens with zero attached hydrogens (tertiary/aromatic N) is 1. The SMILES string of the molecule is CC(=O)N(CCNC(=O)c1ccco1)c1ccc(F)cc1F. The van der Waals surface area contributed by atoms with E-state index in [9.17, 15) is 18.4 Å². The van der Waals surface area contributed by atoms with Gasteiger partial charge in [-0.2, -0.15) is 0 Å². The first-order chi connectivity index (χ1) is 10.5. The highest BCUT2D eigenvalue weighted by molar-refractivity contribution is 5.93. The summed E-state index contributed by atoms with van der Waals surface area (Å²) < 4.78 is 31.6. The number of amides is 2. The number of carbonyl (C=O) groups is 2. The molecule has 1 aromatic carbocycles. The van der Waals surface area contributed by atoms with Crippen molar-refractivity contribution < 1.29 is 22.8 Å². The Balaban J connectivity index is 2.01. The molecule has 0 aliphatic heterocycles. The van der Waals surface area contributed by atoms with E-state index in [2.05, 4.69) is 5.32 Å². The van der Waals surface area contributed by atoms with E-state index in [1.54, 1.807) is 6.07 Å². The highest BCUT2D eigenvalue weighted by Crippen LogP contribution is 2.20. The lowest BCUT2D eigenvalue weighted by molar-refractivity contribution is -0.116. The van der Waals surface area contributed by atoms with Crippen molar-refractivity contribution >= 4 is 17.5 Å². The van der Waals surface area contributed by atoms with Crippen LogP contribution in [-0.2, 0) is 4.79 Å². The summed E-state index contributed by atoms with van der Waals surface area (Å²) in [4.78, 5) is 24.4. The molecule has 1 N–H and O–H groups in total. The number of carbonyl (C=O) groups excluding carboxylic acids is 2. The molecule has 5 nitrogen and oxygen atoms in total. The van der Waals surface area contributed by atoms with Crippen LogP contribution in [0.5, 0.6) is 0 Å². The average Bonchev–Trinajstić information content (AvgIpc) is 2.98. The van der Waals surface area contributed by atoms with E-state index in [-0.39, 0.29) is 24.5 Å². The van der Waals surface area contributed by atoms with Gasteiger partial charge >= 0.3 is 0 Å². The molecule has 2 aromatic rings. The van der Waals surface area contributed by atoms with Crippen LogP contribution in [-0.4, -0.2) is 24.9 Å². The van der Waals surface area contributed by atoms with Gasteiger partial charge in [-0.1, -0.05) is 0 Å². The van der Waals surface area contributed by atoms with Crippen molar-refractivity contribution in [2.45, 2.75) is 6.92 Å². The van der Waals surface area contributed by atoms with Gasteiger partial charge in [0.05, 0.1) is 12.0 Å². The molecule has 116 valence electrons. The maximum absolute atomic E-state index is 13.7. The predicted octanol–water partition coefficient (Wildman–Crippen LogP) is 2.34. The molecule has 7 heteroatoms. The molecule has 0 saturated heterocycles. The van der Waals surface area contributed by atoms with Crippen molar-refractivity contribution in [2.24, 2.45) is 0 Å². The van der Waals surface area contributed by atoms with Crippen molar-refractivity contribution in [3.8, 4) is 0 Å². The molecule has 2 amide bonds. The van der Waals surface area contributed by atoms with E-state index in [1.165, 1.54) is 25.3 Å². The van der Waals surface area contributed by atoms with Gasteiger partial charge in [-0.3, -0.25) is 9.59 Å². The molecule has 0 radical (unpaired) electrons. The first-order valence-electron chi connectivity index (χ1n) is 6.54. The molecule has 1 aromatic heterocycles. The Kier molecular flexibility index (Phi) is 4.88. The second-order valence-electron chi connectivity index (χ2n) is 4.50. The molecule has 0 spiro atoms. The van der Waals surface area contributed by atoms with Crippen LogP contribution in [0.2, 0.25) is 0 Å². The van der Waals surface area contributed by atoms with E-state index >= 15 is 0 Å². The summed E-state index contributed by atoms with van der Waals surface area (Å²) >= 11 is 0. The van der Waals surface area contributed by atoms with Crippen LogP contribution in [0.4, 0.5) is 14.5 Å². The number of nitrogens with one attached hydrogen (secondary N) is 1. The first kappa shape index (κ1) is 15.7. The van der Waals surface area contributed by atoms with Gasteiger partial charge in [0.2, 0.25) is 5.91 Å². The lowest BCUT2D eigenvalue weighted by atomic mass is 10.2. The molecule has 0 fully saturated rings. The second-order valence-corrected chi connectivity index (χ2v) is 4.50. The minimum absolute atomic E-state index is 0.0406. The smallest absolute Gasteiger partial charge is 0.287 e. The Labute approximate surface area is 125 Å². The third-order valence-electron chi connectivity index (χ3n) is 2.95. The summed E-state index contributed by atoms with van der Waals surface area (Å²) in [5.74, 6) is -2.28. The first-order valence-corrected chi connectivity index (χ1v) is 6.54. The third-order valence-corrected chi connectivity index (χ3v) is 2.95. The predicted molar refractivity (Wildman–Crippen MR) is 75.4 cm³/mol. The zero-order valence-electron chi connectivity index (χ0n) is 11.8. The van der Waals surface area contributed by atoms with Gasteiger partial charge in [-0.15, -0.1) is 0 Å². The maximum atomic E-state index is 13.7. The molecule has 1 heterocycles. The van der Waals surface area contributed by atoms with Crippen LogP contribution in [0.1, 0.15) is 17.5 Å². The van der Waals surface area contributed by atoms with Crippen molar-refractivity contribution in [2.75, 3.05) is 18.0 Å². The molecule has 0 bridgehead atoms. The Morgan fingerprint density at radius 2 is 2.05 bits per heavy atom. The number of halogens is 2. The minimum Gasteiger partial charge on any atom is -0.459 e. The monoisotopic (exact) mass is 308 g/mol. The fourth-order valence-corrected chi connectivity index (χ4v) is 1.92. The fraction of sp³-hybridized carbons (Fsp3) is 0.200. The topological polar surface area (TPSA) is 62.6 Å². The van der Waals surface area contributed by atoms with E-state index in [1.807, 2.05) is 0 Å². The number of furan rings is 1. The molecule has 0 aliphatic rings. The second kappa shape index (κ2) is 6.84. The number of hydrogen-bond donors (Lipinski definition) is 1. The molecular formula is C15H14F2N2O3. The molecule has 0 atom stereocenters. The minimum atomic E-state index is -0.840. The van der Waals surface area contributed by atoms with Crippen LogP contribution >= 0.6 is 0 Å². The molecule has 0 unspecified atom stereocenters. The van der Waals surface area contributed by atoms with Crippen LogP contribution in [0, 0.1) is 11.6 Å². The largest absolute Gasteiger partial charge is 0.459 e. The third kappa shape index (κ3) is 3.69. The van der Waals surface area contributed by atoms with Gasteiger partial charge in [-0.05, 0) is 24.3 Å². The molecule has 2 rings (SSSR count). The number of hydrogen-bond acceptors (Lipinski definition) is 3. The molecule has 22 heavy (non-hydrogen) atoms. The van der Waals surface area contributed by atoms with E-state index < -0.39 is 23.4 Å². The van der Waals surface area contributed by atoms with E-state index in [4.69, 9.17) is 4.42 Å². The molecule has 0 saturated carbocycles. The van der Waals surface area contributed by atoms with Crippen molar-refractivity contribution in [1.82, 2.24) is 5.32 Å². The molecule has 0 aliphatic carbocycles. The van der Waals surface area contributed by atoms with Gasteiger partial charge < -0.3 is 14.6 Å². The lowest BCUT2D eigenvalue weighted by Gasteiger charge is -2.21. The number of rotatable bonds is 5. The van der Waals surface area contributed by atoms with Crippen LogP contribution < -0.4 is 10.2 Å². The summed E-state index contributed by atoms with van der Waals surface area (Å²) in [6, 6.07) is 6.02. The quantitative estimate of drug-likeness (QED) is 0.922. The zero-order valence-corrected chi connectivity index (χ0v) is 11.8. The normalized spacial score (nSPS) is 10.3. The Morgan fingerprint density at radius 1 is 1.27 bits per heavy atom. The fourth-order valence-electron chi connectivity index (χ4n) is 1.92. The summed E-state index contributed by atoms with van der Waals surface area (Å²) in [5.41, 5.74) is -0.0406. The van der Waals surface area contributed by atoms with Gasteiger partial charge in [0.25, 0.3) is 5.91 Å². The zero-order chi connectivity index (χ0) is 16.1. The van der Waals surface area contributed by atoms with Gasteiger partial charge in [-0.25, -0.2) is 8.78 Å². The van der Waals surface area contributed by atoms with Gasteiger partial charge in [0.1, 0.15) is 11.6 Å². The summed E-state index contributed by atoms with van der Waals surface area (Å²) in [6.07, 6.45) is 1.37. The lowest BCUT2D eigenvalue weighted by Crippen LogP contribution is -2.38. The number of benzene rings is 1. The average molecular weight is 308 g/mol. The summed E-state index contributed by atoms with van der Waals surface area (Å²) in [7, 11) is 0.